The lowest BCUT2D eigenvalue weighted by Crippen LogP contribution is -2.45. The molecule has 1 saturated heterocycles. The van der Waals surface area contributed by atoms with Gasteiger partial charge in [0.15, 0.2) is 5.65 Å². The second kappa shape index (κ2) is 6.31. The van der Waals surface area contributed by atoms with E-state index >= 15 is 0 Å². The molecule has 0 saturated carbocycles. The summed E-state index contributed by atoms with van der Waals surface area (Å²) in [5, 5.41) is 18.8. The zero-order chi connectivity index (χ0) is 14.7. The van der Waals surface area contributed by atoms with Crippen LogP contribution in [0.4, 0.5) is 5.82 Å². The van der Waals surface area contributed by atoms with E-state index in [0.29, 0.717) is 17.9 Å². The van der Waals surface area contributed by atoms with E-state index in [2.05, 4.69) is 44.7 Å². The highest BCUT2D eigenvalue weighted by molar-refractivity contribution is 5.41. The number of ether oxygens (including phenoxy) is 1. The summed E-state index contributed by atoms with van der Waals surface area (Å²) in [6, 6.07) is 3.74. The molecule has 0 aromatic carbocycles. The Morgan fingerprint density at radius 2 is 2.10 bits per heavy atom. The van der Waals surface area contributed by atoms with Crippen LogP contribution in [0.3, 0.4) is 0 Å². The van der Waals surface area contributed by atoms with Gasteiger partial charge < -0.3 is 10.1 Å². The Balaban J connectivity index is 1.43. The molecule has 1 aliphatic heterocycles. The molecule has 8 heteroatoms. The normalized spacial score (nSPS) is 23.5. The third kappa shape index (κ3) is 3.64. The Bertz CT molecular complexity index is 577. The van der Waals surface area contributed by atoms with Crippen molar-refractivity contribution in [2.45, 2.75) is 32.5 Å². The predicted molar refractivity (Wildman–Crippen MR) is 78.1 cm³/mol. The highest BCUT2D eigenvalue weighted by Crippen LogP contribution is 2.11. The zero-order valence-corrected chi connectivity index (χ0v) is 12.4. The fraction of sp³-hybridized carbons (Fsp3) is 0.692. The smallest absolute Gasteiger partial charge is 0.200 e. The van der Waals surface area contributed by atoms with E-state index in [1.165, 1.54) is 4.63 Å². The molecule has 1 fully saturated rings. The van der Waals surface area contributed by atoms with E-state index < -0.39 is 0 Å². The number of morpholine rings is 1. The third-order valence-corrected chi connectivity index (χ3v) is 3.52. The van der Waals surface area contributed by atoms with Crippen LogP contribution in [0.15, 0.2) is 12.1 Å². The van der Waals surface area contributed by atoms with Gasteiger partial charge >= 0.3 is 0 Å². The molecule has 3 rings (SSSR count). The standard InChI is InChI=1S/C13H21N7O/c1-10-8-19(9-11(2)21-10)7-3-6-14-12-4-5-13-15-17-18-20(13)16-12/h4-5,10-11H,3,6-9H2,1-2H3,(H,14,16)/t10-,11-/m1/s1. The van der Waals surface area contributed by atoms with Crippen molar-refractivity contribution in [1.82, 2.24) is 30.2 Å². The molecule has 0 bridgehead atoms. The van der Waals surface area contributed by atoms with E-state index in [-0.39, 0.29) is 0 Å². The Morgan fingerprint density at radius 3 is 2.90 bits per heavy atom. The lowest BCUT2D eigenvalue weighted by molar-refractivity contribution is -0.0678. The van der Waals surface area contributed by atoms with Crippen LogP contribution >= 0.6 is 0 Å². The first-order valence-electron chi connectivity index (χ1n) is 7.38. The molecule has 0 spiro atoms. The van der Waals surface area contributed by atoms with Crippen LogP contribution < -0.4 is 5.32 Å². The molecular formula is C13H21N7O. The molecule has 21 heavy (non-hydrogen) atoms. The van der Waals surface area contributed by atoms with Gasteiger partial charge in [0.2, 0.25) is 0 Å². The van der Waals surface area contributed by atoms with Crippen LogP contribution in [0.1, 0.15) is 20.3 Å². The maximum Gasteiger partial charge on any atom is 0.200 e. The zero-order valence-electron chi connectivity index (χ0n) is 12.4. The topological polar surface area (TPSA) is 80.5 Å². The molecule has 2 aromatic rings. The van der Waals surface area contributed by atoms with Crippen LogP contribution in [-0.2, 0) is 4.74 Å². The van der Waals surface area contributed by atoms with Crippen molar-refractivity contribution >= 4 is 11.5 Å². The van der Waals surface area contributed by atoms with Gasteiger partial charge in [0.05, 0.1) is 12.2 Å². The summed E-state index contributed by atoms with van der Waals surface area (Å²) in [7, 11) is 0. The SMILES string of the molecule is C[C@@H]1CN(CCCNc2ccc3nnnn3n2)C[C@@H](C)O1. The van der Waals surface area contributed by atoms with Gasteiger partial charge in [-0.1, -0.05) is 0 Å². The van der Waals surface area contributed by atoms with Crippen molar-refractivity contribution in [1.29, 1.82) is 0 Å². The molecule has 1 aliphatic rings. The molecule has 2 aromatic heterocycles. The highest BCUT2D eigenvalue weighted by Gasteiger charge is 2.21. The van der Waals surface area contributed by atoms with Gasteiger partial charge in [-0.15, -0.1) is 14.8 Å². The lowest BCUT2D eigenvalue weighted by atomic mass is 10.2. The largest absolute Gasteiger partial charge is 0.373 e. The van der Waals surface area contributed by atoms with Crippen LogP contribution in [0.25, 0.3) is 5.65 Å². The van der Waals surface area contributed by atoms with Gasteiger partial charge in [-0.25, -0.2) is 0 Å². The molecule has 1 N–H and O–H groups in total. The minimum Gasteiger partial charge on any atom is -0.373 e. The molecule has 0 unspecified atom stereocenters. The number of hydrogen-bond acceptors (Lipinski definition) is 7. The lowest BCUT2D eigenvalue weighted by Gasteiger charge is -2.35. The summed E-state index contributed by atoms with van der Waals surface area (Å²) in [4.78, 5) is 2.46. The second-order valence-electron chi connectivity index (χ2n) is 5.54. The Morgan fingerprint density at radius 1 is 1.29 bits per heavy atom. The molecule has 3 heterocycles. The summed E-state index contributed by atoms with van der Waals surface area (Å²) in [5.41, 5.74) is 0.650. The quantitative estimate of drug-likeness (QED) is 0.800. The number of tetrazole rings is 1. The van der Waals surface area contributed by atoms with Gasteiger partial charge in [0, 0.05) is 26.2 Å². The maximum atomic E-state index is 5.74. The third-order valence-electron chi connectivity index (χ3n) is 3.52. The van der Waals surface area contributed by atoms with E-state index in [0.717, 1.165) is 38.4 Å². The summed E-state index contributed by atoms with van der Waals surface area (Å²) in [6.07, 6.45) is 1.71. The number of fused-ring (bicyclic) bond motifs is 1. The van der Waals surface area contributed by atoms with E-state index in [9.17, 15) is 0 Å². The van der Waals surface area contributed by atoms with Crippen LogP contribution in [0, 0.1) is 0 Å². The average molecular weight is 291 g/mol. The van der Waals surface area contributed by atoms with Gasteiger partial charge in [-0.3, -0.25) is 4.90 Å². The van der Waals surface area contributed by atoms with E-state index in [1.807, 2.05) is 12.1 Å². The summed E-state index contributed by atoms with van der Waals surface area (Å²) >= 11 is 0. The molecule has 0 aliphatic carbocycles. The minimum atomic E-state index is 0.325. The van der Waals surface area contributed by atoms with Crippen LogP contribution in [0.2, 0.25) is 0 Å². The number of anilines is 1. The van der Waals surface area contributed by atoms with Gasteiger partial charge in [0.25, 0.3) is 0 Å². The van der Waals surface area contributed by atoms with Crippen LogP contribution in [0.5, 0.6) is 0 Å². The van der Waals surface area contributed by atoms with Gasteiger partial charge in [-0.05, 0) is 42.8 Å². The first-order valence-corrected chi connectivity index (χ1v) is 7.38. The van der Waals surface area contributed by atoms with Crippen LogP contribution in [-0.4, -0.2) is 68.5 Å². The first kappa shape index (κ1) is 14.2. The average Bonchev–Trinajstić information content (AvgIpc) is 2.90. The molecule has 0 amide bonds. The maximum absolute atomic E-state index is 5.74. The predicted octanol–water partition coefficient (Wildman–Crippen LogP) is 0.430. The van der Waals surface area contributed by atoms with Crippen molar-refractivity contribution < 1.29 is 4.74 Å². The molecule has 8 nitrogen and oxygen atoms in total. The van der Waals surface area contributed by atoms with Crippen molar-refractivity contribution in [3.8, 4) is 0 Å². The molecular weight excluding hydrogens is 270 g/mol. The van der Waals surface area contributed by atoms with Gasteiger partial charge in [-0.2, -0.15) is 0 Å². The fourth-order valence-corrected chi connectivity index (χ4v) is 2.73. The number of hydrogen-bond donors (Lipinski definition) is 1. The fourth-order valence-electron chi connectivity index (χ4n) is 2.73. The molecule has 0 radical (unpaired) electrons. The number of rotatable bonds is 5. The highest BCUT2D eigenvalue weighted by atomic mass is 16.5. The summed E-state index contributed by atoms with van der Waals surface area (Å²) in [5.74, 6) is 0.790. The molecule has 2 atom stereocenters. The number of nitrogens with one attached hydrogen (secondary N) is 1. The molecule has 114 valence electrons. The van der Waals surface area contributed by atoms with Gasteiger partial charge in [0.1, 0.15) is 5.82 Å². The van der Waals surface area contributed by atoms with Crippen molar-refractivity contribution in [2.24, 2.45) is 0 Å². The monoisotopic (exact) mass is 291 g/mol. The summed E-state index contributed by atoms with van der Waals surface area (Å²) < 4.78 is 7.16. The Kier molecular flexibility index (Phi) is 4.26. The van der Waals surface area contributed by atoms with Crippen molar-refractivity contribution in [2.75, 3.05) is 31.5 Å². The minimum absolute atomic E-state index is 0.325. The van der Waals surface area contributed by atoms with Crippen molar-refractivity contribution in [3.05, 3.63) is 12.1 Å². The Hall–Kier alpha value is -1.80. The first-order chi connectivity index (χ1) is 10.2. The number of nitrogens with zero attached hydrogens (tertiary/aromatic N) is 6. The van der Waals surface area contributed by atoms with E-state index in [1.54, 1.807) is 0 Å². The second-order valence-corrected chi connectivity index (χ2v) is 5.54. The summed E-state index contributed by atoms with van der Waals surface area (Å²) in [6.45, 7) is 8.23. The van der Waals surface area contributed by atoms with E-state index in [4.69, 9.17) is 4.74 Å². The number of aromatic nitrogens is 5. The Labute approximate surface area is 123 Å². The van der Waals surface area contributed by atoms with Crippen molar-refractivity contribution in [3.63, 3.8) is 0 Å².